The molecule has 0 fully saturated rings. The van der Waals surface area contributed by atoms with Gasteiger partial charge in [0.05, 0.1) is 11.3 Å². The molecule has 0 saturated heterocycles. The van der Waals surface area contributed by atoms with Crippen LogP contribution in [-0.4, -0.2) is 17.1 Å². The number of hydrogen-bond donors (Lipinski definition) is 0. The molecule has 3 nitrogen and oxygen atoms in total. The summed E-state index contributed by atoms with van der Waals surface area (Å²) in [5.41, 5.74) is 0.141. The van der Waals surface area contributed by atoms with Crippen molar-refractivity contribution in [3.63, 3.8) is 0 Å². The van der Waals surface area contributed by atoms with E-state index in [0.29, 0.717) is 11.3 Å². The Morgan fingerprint density at radius 1 is 1.33 bits per heavy atom. The Morgan fingerprint density at radius 2 is 1.94 bits per heavy atom. The number of nitrogens with zero attached hydrogens (tertiary/aromatic N) is 1. The van der Waals surface area contributed by atoms with Crippen LogP contribution < -0.4 is 0 Å². The molecular weight excluding hydrogens is 271 g/mol. The fourth-order valence-corrected chi connectivity index (χ4v) is 1.64. The van der Waals surface area contributed by atoms with E-state index in [4.69, 9.17) is 16.4 Å². The highest BCUT2D eigenvalue weighted by molar-refractivity contribution is 6.64. The van der Waals surface area contributed by atoms with Crippen LogP contribution >= 0.6 is 11.6 Å². The molecule has 2 rings (SSSR count). The van der Waals surface area contributed by atoms with Crippen molar-refractivity contribution in [2.45, 2.75) is 18.7 Å². The molecular formula is C11H7ClF3NO2. The summed E-state index contributed by atoms with van der Waals surface area (Å²) in [5.74, 6) is 0. The van der Waals surface area contributed by atoms with Crippen molar-refractivity contribution in [3.05, 3.63) is 35.4 Å². The molecule has 96 valence electrons. The molecule has 1 unspecified atom stereocenters. The standard InChI is InChI=1S/C11H7ClF3NO2/c12-10(17)9-5-8(16-18-9)6-1-3-7(4-2-6)11(13,14)15/h1-4,9H,5H2. The maximum absolute atomic E-state index is 12.3. The Labute approximate surface area is 105 Å². The summed E-state index contributed by atoms with van der Waals surface area (Å²) in [6.07, 6.45) is -5.07. The Morgan fingerprint density at radius 3 is 2.39 bits per heavy atom. The molecule has 0 radical (unpaired) electrons. The van der Waals surface area contributed by atoms with Crippen LogP contribution in [-0.2, 0) is 15.8 Å². The van der Waals surface area contributed by atoms with Gasteiger partial charge >= 0.3 is 6.18 Å². The van der Waals surface area contributed by atoms with Gasteiger partial charge in [-0.05, 0) is 29.3 Å². The zero-order chi connectivity index (χ0) is 13.3. The fourth-order valence-electron chi connectivity index (χ4n) is 1.52. The molecule has 1 aromatic carbocycles. The molecule has 0 saturated carbocycles. The zero-order valence-corrected chi connectivity index (χ0v) is 9.63. The first-order chi connectivity index (χ1) is 8.38. The quantitative estimate of drug-likeness (QED) is 0.780. The molecule has 7 heteroatoms. The third-order valence-corrected chi connectivity index (χ3v) is 2.71. The third-order valence-electron chi connectivity index (χ3n) is 2.47. The molecule has 0 spiro atoms. The van der Waals surface area contributed by atoms with Crippen molar-refractivity contribution >= 4 is 22.6 Å². The van der Waals surface area contributed by atoms with Crippen molar-refractivity contribution in [1.82, 2.24) is 0 Å². The number of benzene rings is 1. The summed E-state index contributed by atoms with van der Waals surface area (Å²) >= 11 is 5.24. The van der Waals surface area contributed by atoms with E-state index in [2.05, 4.69) is 5.16 Å². The van der Waals surface area contributed by atoms with Crippen LogP contribution in [0.25, 0.3) is 0 Å². The first-order valence-electron chi connectivity index (χ1n) is 4.97. The van der Waals surface area contributed by atoms with Gasteiger partial charge in [-0.3, -0.25) is 4.79 Å². The average molecular weight is 278 g/mol. The van der Waals surface area contributed by atoms with E-state index in [-0.39, 0.29) is 6.42 Å². The first-order valence-corrected chi connectivity index (χ1v) is 5.35. The van der Waals surface area contributed by atoms with Crippen LogP contribution in [0.3, 0.4) is 0 Å². The Kier molecular flexibility index (Phi) is 3.30. The fraction of sp³-hybridized carbons (Fsp3) is 0.273. The lowest BCUT2D eigenvalue weighted by atomic mass is 10.0. The van der Waals surface area contributed by atoms with E-state index < -0.39 is 23.1 Å². The molecule has 1 aromatic rings. The molecule has 18 heavy (non-hydrogen) atoms. The van der Waals surface area contributed by atoms with Gasteiger partial charge < -0.3 is 4.84 Å². The highest BCUT2D eigenvalue weighted by Crippen LogP contribution is 2.29. The lowest BCUT2D eigenvalue weighted by Gasteiger charge is -2.06. The largest absolute Gasteiger partial charge is 0.416 e. The van der Waals surface area contributed by atoms with Crippen molar-refractivity contribution in [2.75, 3.05) is 0 Å². The highest BCUT2D eigenvalue weighted by atomic mass is 35.5. The van der Waals surface area contributed by atoms with Gasteiger partial charge in [0.2, 0.25) is 6.10 Å². The summed E-state index contributed by atoms with van der Waals surface area (Å²) in [5, 5.41) is 2.95. The predicted octanol–water partition coefficient (Wildman–Crippen LogP) is 2.96. The molecule has 0 amide bonds. The molecule has 1 atom stereocenters. The summed E-state index contributed by atoms with van der Waals surface area (Å²) in [4.78, 5) is 15.6. The Balaban J connectivity index is 2.15. The molecule has 0 N–H and O–H groups in total. The molecule has 0 aliphatic carbocycles. The van der Waals surface area contributed by atoms with Gasteiger partial charge in [0.25, 0.3) is 5.24 Å². The SMILES string of the molecule is O=C(Cl)C1CC(c2ccc(C(F)(F)F)cc2)=NO1. The Bertz CT molecular complexity index is 496. The number of carbonyl (C=O) groups excluding carboxylic acids is 1. The maximum atomic E-state index is 12.3. The maximum Gasteiger partial charge on any atom is 0.416 e. The summed E-state index contributed by atoms with van der Waals surface area (Å²) < 4.78 is 37.0. The van der Waals surface area contributed by atoms with Crippen molar-refractivity contribution in [1.29, 1.82) is 0 Å². The topological polar surface area (TPSA) is 38.7 Å². The van der Waals surface area contributed by atoms with Gasteiger partial charge in [-0.1, -0.05) is 17.3 Å². The van der Waals surface area contributed by atoms with Gasteiger partial charge in [0.1, 0.15) is 0 Å². The number of alkyl halides is 3. The van der Waals surface area contributed by atoms with Crippen molar-refractivity contribution in [3.8, 4) is 0 Å². The van der Waals surface area contributed by atoms with E-state index in [0.717, 1.165) is 12.1 Å². The summed E-state index contributed by atoms with van der Waals surface area (Å²) in [7, 11) is 0. The predicted molar refractivity (Wildman–Crippen MR) is 58.3 cm³/mol. The minimum Gasteiger partial charge on any atom is -0.382 e. The number of carbonyl (C=O) groups is 1. The molecule has 1 heterocycles. The second-order valence-electron chi connectivity index (χ2n) is 3.72. The number of hydrogen-bond acceptors (Lipinski definition) is 3. The average Bonchev–Trinajstić information content (AvgIpc) is 2.77. The molecule has 1 aliphatic rings. The Hall–Kier alpha value is -1.56. The van der Waals surface area contributed by atoms with Gasteiger partial charge in [0.15, 0.2) is 0 Å². The number of halogens is 4. The van der Waals surface area contributed by atoms with E-state index in [9.17, 15) is 18.0 Å². The number of oxime groups is 1. The summed E-state index contributed by atoms with van der Waals surface area (Å²) in [6.45, 7) is 0. The van der Waals surface area contributed by atoms with E-state index in [1.807, 2.05) is 0 Å². The first kappa shape index (κ1) is 12.9. The third kappa shape index (κ3) is 2.64. The minimum absolute atomic E-state index is 0.160. The van der Waals surface area contributed by atoms with Crippen molar-refractivity contribution < 1.29 is 22.8 Å². The van der Waals surface area contributed by atoms with E-state index in [1.165, 1.54) is 12.1 Å². The van der Waals surface area contributed by atoms with Crippen LogP contribution in [0.1, 0.15) is 17.5 Å². The van der Waals surface area contributed by atoms with Gasteiger partial charge in [0, 0.05) is 6.42 Å². The van der Waals surface area contributed by atoms with Gasteiger partial charge in [-0.25, -0.2) is 0 Å². The van der Waals surface area contributed by atoms with Crippen LogP contribution in [0.4, 0.5) is 13.2 Å². The van der Waals surface area contributed by atoms with Crippen molar-refractivity contribution in [2.24, 2.45) is 5.16 Å². The monoisotopic (exact) mass is 277 g/mol. The van der Waals surface area contributed by atoms with Crippen LogP contribution in [0, 0.1) is 0 Å². The lowest BCUT2D eigenvalue weighted by Crippen LogP contribution is -2.15. The lowest BCUT2D eigenvalue weighted by molar-refractivity contribution is -0.137. The van der Waals surface area contributed by atoms with Gasteiger partial charge in [-0.2, -0.15) is 13.2 Å². The molecule has 1 aliphatic heterocycles. The summed E-state index contributed by atoms with van der Waals surface area (Å²) in [6, 6.07) is 4.47. The second-order valence-corrected chi connectivity index (χ2v) is 4.09. The number of rotatable bonds is 2. The normalized spacial score (nSPS) is 19.3. The second kappa shape index (κ2) is 4.61. The zero-order valence-electron chi connectivity index (χ0n) is 8.87. The van der Waals surface area contributed by atoms with E-state index >= 15 is 0 Å². The minimum atomic E-state index is -4.37. The van der Waals surface area contributed by atoms with Gasteiger partial charge in [-0.15, -0.1) is 0 Å². The molecule has 0 bridgehead atoms. The van der Waals surface area contributed by atoms with E-state index in [1.54, 1.807) is 0 Å². The smallest absolute Gasteiger partial charge is 0.382 e. The van der Waals surface area contributed by atoms with Crippen LogP contribution in [0.15, 0.2) is 29.4 Å². The van der Waals surface area contributed by atoms with Crippen LogP contribution in [0.5, 0.6) is 0 Å². The highest BCUT2D eigenvalue weighted by Gasteiger charge is 2.31. The van der Waals surface area contributed by atoms with Crippen LogP contribution in [0.2, 0.25) is 0 Å². The molecule has 0 aromatic heterocycles.